The molecule has 0 amide bonds. The van der Waals surface area contributed by atoms with Crippen molar-refractivity contribution in [2.24, 2.45) is 0 Å². The molecule has 0 aliphatic heterocycles. The highest BCUT2D eigenvalue weighted by molar-refractivity contribution is 7.93. The largest absolute Gasteiger partial charge is 0.436 e. The lowest BCUT2D eigenvalue weighted by Crippen LogP contribution is -2.12. The van der Waals surface area contributed by atoms with Crippen LogP contribution in [0.1, 0.15) is 5.89 Å². The topological polar surface area (TPSA) is 114 Å². The average Bonchev–Trinajstić information content (AvgIpc) is 3.38. The highest BCUT2D eigenvalue weighted by Crippen LogP contribution is 2.22. The second-order valence-electron chi connectivity index (χ2n) is 5.82. The van der Waals surface area contributed by atoms with Gasteiger partial charge in [0.1, 0.15) is 5.52 Å². The number of hydrogen-bond acceptors (Lipinski definition) is 8. The third kappa shape index (κ3) is 4.18. The maximum absolute atomic E-state index is 12.3. The molecule has 0 bridgehead atoms. The number of nitrogens with one attached hydrogen (secondary N) is 2. The number of anilines is 2. The van der Waals surface area contributed by atoms with Crippen molar-refractivity contribution in [1.29, 1.82) is 0 Å². The Kier molecular flexibility index (Phi) is 5.10. The summed E-state index contributed by atoms with van der Waals surface area (Å²) in [6.07, 6.45) is 3.60. The van der Waals surface area contributed by atoms with Crippen LogP contribution in [0.5, 0.6) is 0 Å². The lowest BCUT2D eigenvalue weighted by Gasteiger charge is -2.06. The number of carbonyl (C=O) groups excluding carboxylic acids is 1. The van der Waals surface area contributed by atoms with Gasteiger partial charge in [0.2, 0.25) is 5.89 Å². The molecule has 0 aliphatic rings. The van der Waals surface area contributed by atoms with Crippen molar-refractivity contribution >= 4 is 55.1 Å². The Labute approximate surface area is 170 Å². The van der Waals surface area contributed by atoms with E-state index in [4.69, 9.17) is 4.42 Å². The van der Waals surface area contributed by atoms with Crippen molar-refractivity contribution < 1.29 is 17.6 Å². The number of allylic oxidation sites excluding steroid dienone is 1. The number of sulfonamides is 1. The zero-order valence-electron chi connectivity index (χ0n) is 14.8. The fourth-order valence-electron chi connectivity index (χ4n) is 2.48. The number of aldehydes is 1. The van der Waals surface area contributed by atoms with E-state index in [0.717, 1.165) is 0 Å². The van der Waals surface area contributed by atoms with Crippen LogP contribution in [0.25, 0.3) is 16.7 Å². The summed E-state index contributed by atoms with van der Waals surface area (Å²) in [6.45, 7) is 0. The van der Waals surface area contributed by atoms with Crippen molar-refractivity contribution in [3.05, 3.63) is 72.2 Å². The van der Waals surface area contributed by atoms with Gasteiger partial charge in [0.15, 0.2) is 17.0 Å². The van der Waals surface area contributed by atoms with Crippen LogP contribution < -0.4 is 10.0 Å². The molecule has 0 spiro atoms. The van der Waals surface area contributed by atoms with Gasteiger partial charge < -0.3 is 9.73 Å². The van der Waals surface area contributed by atoms with Gasteiger partial charge in [-0.3, -0.25) is 9.52 Å². The number of thiazole rings is 1. The first-order chi connectivity index (χ1) is 14.0. The molecule has 4 rings (SSSR count). The predicted octanol–water partition coefficient (Wildman–Crippen LogP) is 3.74. The zero-order chi connectivity index (χ0) is 20.3. The molecule has 0 saturated carbocycles. The molecule has 146 valence electrons. The second kappa shape index (κ2) is 7.86. The Hall–Kier alpha value is -3.50. The predicted molar refractivity (Wildman–Crippen MR) is 111 cm³/mol. The fraction of sp³-hybridized carbons (Fsp3) is 0. The second-order valence-corrected chi connectivity index (χ2v) is 8.39. The summed E-state index contributed by atoms with van der Waals surface area (Å²) in [5.74, 6) is 0.195. The number of carbonyl (C=O) groups is 1. The van der Waals surface area contributed by atoms with Crippen molar-refractivity contribution in [1.82, 2.24) is 9.97 Å². The van der Waals surface area contributed by atoms with Crippen molar-refractivity contribution in [3.8, 4) is 0 Å². The van der Waals surface area contributed by atoms with E-state index in [1.54, 1.807) is 29.6 Å². The van der Waals surface area contributed by atoms with Gasteiger partial charge in [-0.15, -0.1) is 11.3 Å². The number of hydrogen-bond donors (Lipinski definition) is 2. The quantitative estimate of drug-likeness (QED) is 0.342. The highest BCUT2D eigenvalue weighted by Gasteiger charge is 2.15. The number of oxazole rings is 1. The Morgan fingerprint density at radius 2 is 1.90 bits per heavy atom. The minimum atomic E-state index is -3.72. The van der Waals surface area contributed by atoms with E-state index >= 15 is 0 Å². The number of nitrogens with zero attached hydrogens (tertiary/aromatic N) is 2. The van der Waals surface area contributed by atoms with Gasteiger partial charge in [0.05, 0.1) is 10.5 Å². The first-order valence-electron chi connectivity index (χ1n) is 8.35. The molecule has 4 aromatic rings. The van der Waals surface area contributed by atoms with Crippen molar-refractivity contribution in [3.63, 3.8) is 0 Å². The number of fused-ring (bicyclic) bond motifs is 1. The molecule has 0 saturated heterocycles. The summed E-state index contributed by atoms with van der Waals surface area (Å²) in [6, 6.07) is 13.3. The minimum absolute atomic E-state index is 0.0943. The smallest absolute Gasteiger partial charge is 0.263 e. The molecule has 8 nitrogen and oxygen atoms in total. The molecule has 29 heavy (non-hydrogen) atoms. The fourth-order valence-corrected chi connectivity index (χ4v) is 4.27. The minimum Gasteiger partial charge on any atom is -0.436 e. The van der Waals surface area contributed by atoms with E-state index in [1.807, 2.05) is 12.1 Å². The van der Waals surface area contributed by atoms with E-state index in [9.17, 15) is 13.2 Å². The Morgan fingerprint density at radius 1 is 1.10 bits per heavy atom. The van der Waals surface area contributed by atoms with Gasteiger partial charge in [-0.05, 0) is 36.4 Å². The van der Waals surface area contributed by atoms with Gasteiger partial charge in [0.25, 0.3) is 10.0 Å². The summed E-state index contributed by atoms with van der Waals surface area (Å²) in [7, 11) is -3.72. The monoisotopic (exact) mass is 426 g/mol. The summed E-state index contributed by atoms with van der Waals surface area (Å²) >= 11 is 1.19. The summed E-state index contributed by atoms with van der Waals surface area (Å²) < 4.78 is 32.7. The van der Waals surface area contributed by atoms with Crippen LogP contribution in [0.15, 0.2) is 75.6 Å². The summed E-state index contributed by atoms with van der Waals surface area (Å²) in [5.41, 5.74) is 2.05. The van der Waals surface area contributed by atoms with E-state index in [-0.39, 0.29) is 16.4 Å². The lowest BCUT2D eigenvalue weighted by atomic mass is 10.3. The molecule has 2 aromatic heterocycles. The molecule has 0 radical (unpaired) electrons. The van der Waals surface area contributed by atoms with Gasteiger partial charge in [-0.1, -0.05) is 12.1 Å². The molecule has 0 atom stereocenters. The van der Waals surface area contributed by atoms with E-state index in [2.05, 4.69) is 20.0 Å². The third-order valence-corrected chi connectivity index (χ3v) is 6.05. The van der Waals surface area contributed by atoms with E-state index < -0.39 is 10.0 Å². The number of aromatic nitrogens is 2. The van der Waals surface area contributed by atoms with Crippen molar-refractivity contribution in [2.45, 2.75) is 4.90 Å². The first kappa shape index (κ1) is 18.8. The van der Waals surface area contributed by atoms with Crippen molar-refractivity contribution in [2.75, 3.05) is 10.0 Å². The maximum atomic E-state index is 12.3. The van der Waals surface area contributed by atoms with E-state index in [1.165, 1.54) is 35.9 Å². The van der Waals surface area contributed by atoms with Crippen LogP contribution in [0.2, 0.25) is 0 Å². The van der Waals surface area contributed by atoms with Crippen LogP contribution in [0.3, 0.4) is 0 Å². The molecule has 2 heterocycles. The van der Waals surface area contributed by atoms with Gasteiger partial charge in [-0.25, -0.2) is 18.4 Å². The molecule has 0 aliphatic carbocycles. The zero-order valence-corrected chi connectivity index (χ0v) is 16.4. The van der Waals surface area contributed by atoms with Gasteiger partial charge >= 0.3 is 0 Å². The van der Waals surface area contributed by atoms with E-state index in [0.29, 0.717) is 28.2 Å². The molecule has 2 N–H and O–H groups in total. The van der Waals surface area contributed by atoms with Crippen LogP contribution in [0, 0.1) is 0 Å². The summed E-state index contributed by atoms with van der Waals surface area (Å²) in [5, 5.41) is 4.92. The SMILES string of the molecule is O=C/C(=C\Nc1ccc(S(=O)(=O)Nc2nccs2)cc1)c1nc2ccccc2o1. The first-order valence-corrected chi connectivity index (χ1v) is 10.7. The molecular weight excluding hydrogens is 412 g/mol. The standard InChI is InChI=1S/C19H14N4O4S2/c24-12-13(18-22-16-3-1-2-4-17(16)27-18)11-21-14-5-7-15(8-6-14)29(25,26)23-19-20-9-10-28-19/h1-12,21H,(H,20,23)/b13-11+. The number of benzene rings is 2. The molecule has 2 aromatic carbocycles. The lowest BCUT2D eigenvalue weighted by molar-refractivity contribution is -0.103. The molecule has 0 fully saturated rings. The molecular formula is C19H14N4O4S2. The summed E-state index contributed by atoms with van der Waals surface area (Å²) in [4.78, 5) is 19.7. The number of para-hydroxylation sites is 2. The Balaban J connectivity index is 1.51. The van der Waals surface area contributed by atoms with Gasteiger partial charge in [-0.2, -0.15) is 0 Å². The van der Waals surface area contributed by atoms with Crippen LogP contribution in [-0.4, -0.2) is 24.7 Å². The van der Waals surface area contributed by atoms with Gasteiger partial charge in [0, 0.05) is 23.5 Å². The molecule has 0 unspecified atom stereocenters. The van der Waals surface area contributed by atoms with Crippen LogP contribution in [-0.2, 0) is 14.8 Å². The Morgan fingerprint density at radius 3 is 2.59 bits per heavy atom. The normalized spacial score (nSPS) is 12.1. The van der Waals surface area contributed by atoms with Crippen LogP contribution in [0.4, 0.5) is 10.8 Å². The average molecular weight is 426 g/mol. The molecule has 10 heteroatoms. The third-order valence-electron chi connectivity index (χ3n) is 3.88. The maximum Gasteiger partial charge on any atom is 0.263 e. The highest BCUT2D eigenvalue weighted by atomic mass is 32.2. The number of rotatable bonds is 7. The van der Waals surface area contributed by atoms with Crippen LogP contribution >= 0.6 is 11.3 Å². The Bertz CT molecular complexity index is 1240.